The number of benzene rings is 1. The summed E-state index contributed by atoms with van der Waals surface area (Å²) < 4.78 is 0. The van der Waals surface area contributed by atoms with Gasteiger partial charge in [-0.3, -0.25) is 0 Å². The molecule has 0 aliphatic rings. The number of hydrogen-bond donors (Lipinski definition) is 1. The van der Waals surface area contributed by atoms with Gasteiger partial charge in [0.1, 0.15) is 11.5 Å². The number of hydrogen-bond acceptors (Lipinski definition) is 2. The number of aryl methyl sites for hydroxylation is 1. The molecule has 0 bridgehead atoms. The Morgan fingerprint density at radius 2 is 2.08 bits per heavy atom. The van der Waals surface area contributed by atoms with Crippen LogP contribution < -0.4 is 0 Å². The number of phenols is 1. The lowest BCUT2D eigenvalue weighted by Crippen LogP contribution is -1.93. The third kappa shape index (κ3) is 2.38. The first-order valence-electron chi connectivity index (χ1n) is 3.96. The van der Waals surface area contributed by atoms with Crippen LogP contribution in [0.5, 0.6) is 5.75 Å². The minimum absolute atomic E-state index is 0.151. The maximum absolute atomic E-state index is 10.6. The largest absolute Gasteiger partial charge is 0.508 e. The van der Waals surface area contributed by atoms with Gasteiger partial charge in [-0.05, 0) is 25.0 Å². The smallest absolute Gasteiger partial charge is 0.130 e. The Bertz CT molecular complexity index is 279. The topological polar surface area (TPSA) is 37.3 Å². The molecule has 1 N–H and O–H groups in total. The summed E-state index contributed by atoms with van der Waals surface area (Å²) in [6, 6.07) is 7.09. The lowest BCUT2D eigenvalue weighted by molar-refractivity contribution is -0.116. The van der Waals surface area contributed by atoms with Crippen molar-refractivity contribution in [1.29, 1.82) is 0 Å². The van der Waals surface area contributed by atoms with Gasteiger partial charge in [-0.15, -0.1) is 0 Å². The van der Waals surface area contributed by atoms with E-state index >= 15 is 0 Å². The van der Waals surface area contributed by atoms with Gasteiger partial charge in [0.25, 0.3) is 0 Å². The second kappa shape index (κ2) is 3.90. The summed E-state index contributed by atoms with van der Waals surface area (Å²) in [6.07, 6.45) is 1.12. The summed E-state index contributed by atoms with van der Waals surface area (Å²) in [4.78, 5) is 10.6. The maximum Gasteiger partial charge on any atom is 0.130 e. The molecule has 0 heterocycles. The van der Waals surface area contributed by atoms with E-state index in [9.17, 15) is 9.90 Å². The van der Waals surface area contributed by atoms with Gasteiger partial charge in [0.15, 0.2) is 0 Å². The highest BCUT2D eigenvalue weighted by Gasteiger charge is 2.00. The quantitative estimate of drug-likeness (QED) is 0.741. The van der Waals surface area contributed by atoms with E-state index in [-0.39, 0.29) is 11.5 Å². The van der Waals surface area contributed by atoms with E-state index in [1.165, 1.54) is 0 Å². The highest BCUT2D eigenvalue weighted by molar-refractivity contribution is 5.75. The Morgan fingerprint density at radius 3 is 2.67 bits per heavy atom. The van der Waals surface area contributed by atoms with E-state index in [1.54, 1.807) is 19.1 Å². The zero-order valence-corrected chi connectivity index (χ0v) is 7.08. The number of para-hydroxylation sites is 1. The zero-order valence-electron chi connectivity index (χ0n) is 7.08. The van der Waals surface area contributed by atoms with Crippen LogP contribution in [0.15, 0.2) is 24.3 Å². The molecule has 1 rings (SSSR count). The number of phenolic OH excluding ortho intramolecular Hbond substituents is 1. The normalized spacial score (nSPS) is 9.75. The Hall–Kier alpha value is -1.31. The van der Waals surface area contributed by atoms with Crippen molar-refractivity contribution in [3.63, 3.8) is 0 Å². The molecule has 1 aromatic rings. The van der Waals surface area contributed by atoms with E-state index < -0.39 is 0 Å². The molecule has 0 saturated carbocycles. The first-order valence-corrected chi connectivity index (χ1v) is 3.96. The molecule has 0 aliphatic heterocycles. The van der Waals surface area contributed by atoms with Gasteiger partial charge in [0.2, 0.25) is 0 Å². The zero-order chi connectivity index (χ0) is 8.97. The van der Waals surface area contributed by atoms with Crippen molar-refractivity contribution in [3.8, 4) is 5.75 Å². The second-order valence-electron chi connectivity index (χ2n) is 2.83. The van der Waals surface area contributed by atoms with Gasteiger partial charge < -0.3 is 9.90 Å². The van der Waals surface area contributed by atoms with E-state index in [0.717, 1.165) is 5.56 Å². The van der Waals surface area contributed by atoms with Crippen LogP contribution in [0.2, 0.25) is 0 Å². The minimum atomic E-state index is 0.151. The number of rotatable bonds is 3. The highest BCUT2D eigenvalue weighted by Crippen LogP contribution is 2.16. The number of ketones is 1. The number of carbonyl (C=O) groups excluding carboxylic acids is 1. The van der Waals surface area contributed by atoms with Gasteiger partial charge in [0, 0.05) is 6.42 Å². The lowest BCUT2D eigenvalue weighted by Gasteiger charge is -2.00. The molecule has 0 radical (unpaired) electrons. The lowest BCUT2D eigenvalue weighted by atomic mass is 10.1. The van der Waals surface area contributed by atoms with Crippen molar-refractivity contribution >= 4 is 5.78 Å². The van der Waals surface area contributed by atoms with Crippen LogP contribution in [0.1, 0.15) is 18.9 Å². The summed E-state index contributed by atoms with van der Waals surface area (Å²) in [5.74, 6) is 0.428. The highest BCUT2D eigenvalue weighted by atomic mass is 16.3. The Balaban J connectivity index is 2.63. The first kappa shape index (κ1) is 8.78. The average Bonchev–Trinajstić information content (AvgIpc) is 2.03. The molecular formula is C10H12O2. The van der Waals surface area contributed by atoms with E-state index in [4.69, 9.17) is 0 Å². The van der Waals surface area contributed by atoms with Gasteiger partial charge in [-0.1, -0.05) is 18.2 Å². The molecule has 0 saturated heterocycles. The molecule has 0 atom stereocenters. The van der Waals surface area contributed by atoms with Crippen LogP contribution in [0, 0.1) is 0 Å². The van der Waals surface area contributed by atoms with Crippen LogP contribution in [0.4, 0.5) is 0 Å². The van der Waals surface area contributed by atoms with Gasteiger partial charge >= 0.3 is 0 Å². The van der Waals surface area contributed by atoms with E-state index in [1.807, 2.05) is 12.1 Å². The molecule has 12 heavy (non-hydrogen) atoms. The summed E-state index contributed by atoms with van der Waals surface area (Å²) >= 11 is 0. The van der Waals surface area contributed by atoms with Gasteiger partial charge in [0.05, 0.1) is 0 Å². The average molecular weight is 164 g/mol. The van der Waals surface area contributed by atoms with Crippen molar-refractivity contribution < 1.29 is 9.90 Å². The standard InChI is InChI=1S/C10H12O2/c1-8(11)6-7-9-4-2-3-5-10(9)12/h2-5,12H,6-7H2,1H3. The maximum atomic E-state index is 10.6. The van der Waals surface area contributed by atoms with Crippen LogP contribution in [0.25, 0.3) is 0 Å². The van der Waals surface area contributed by atoms with Crippen LogP contribution in [-0.2, 0) is 11.2 Å². The summed E-state index contributed by atoms with van der Waals surface area (Å²) in [6.45, 7) is 1.56. The molecule has 2 nitrogen and oxygen atoms in total. The van der Waals surface area contributed by atoms with Crippen LogP contribution in [0.3, 0.4) is 0 Å². The number of Topliss-reactive ketones (excluding diaryl/α,β-unsaturated/α-hetero) is 1. The molecule has 0 aliphatic carbocycles. The molecule has 0 aromatic heterocycles. The monoisotopic (exact) mass is 164 g/mol. The molecule has 2 heteroatoms. The molecular weight excluding hydrogens is 152 g/mol. The molecule has 0 spiro atoms. The SMILES string of the molecule is CC(=O)CCc1ccccc1O. The summed E-state index contributed by atoms with van der Waals surface area (Å²) in [5, 5.41) is 9.31. The predicted molar refractivity (Wildman–Crippen MR) is 47.1 cm³/mol. The minimum Gasteiger partial charge on any atom is -0.508 e. The van der Waals surface area contributed by atoms with Crippen molar-refractivity contribution in [3.05, 3.63) is 29.8 Å². The number of aromatic hydroxyl groups is 1. The first-order chi connectivity index (χ1) is 5.70. The Morgan fingerprint density at radius 1 is 1.42 bits per heavy atom. The number of carbonyl (C=O) groups is 1. The van der Waals surface area contributed by atoms with Gasteiger partial charge in [-0.2, -0.15) is 0 Å². The third-order valence-electron chi connectivity index (χ3n) is 1.74. The fourth-order valence-corrected chi connectivity index (χ4v) is 1.03. The van der Waals surface area contributed by atoms with Crippen molar-refractivity contribution in [2.24, 2.45) is 0 Å². The summed E-state index contributed by atoms with van der Waals surface area (Å²) in [7, 11) is 0. The fourth-order valence-electron chi connectivity index (χ4n) is 1.03. The van der Waals surface area contributed by atoms with E-state index in [0.29, 0.717) is 12.8 Å². The molecule has 0 fully saturated rings. The fraction of sp³-hybridized carbons (Fsp3) is 0.300. The summed E-state index contributed by atoms with van der Waals surface area (Å²) in [5.41, 5.74) is 0.840. The van der Waals surface area contributed by atoms with Crippen molar-refractivity contribution in [1.82, 2.24) is 0 Å². The molecule has 64 valence electrons. The van der Waals surface area contributed by atoms with Crippen LogP contribution in [-0.4, -0.2) is 10.9 Å². The molecule has 1 aromatic carbocycles. The Labute approximate surface area is 71.8 Å². The van der Waals surface area contributed by atoms with Crippen molar-refractivity contribution in [2.45, 2.75) is 19.8 Å². The van der Waals surface area contributed by atoms with Gasteiger partial charge in [-0.25, -0.2) is 0 Å². The predicted octanol–water partition coefficient (Wildman–Crippen LogP) is 1.91. The third-order valence-corrected chi connectivity index (χ3v) is 1.74. The van der Waals surface area contributed by atoms with Crippen LogP contribution >= 0.6 is 0 Å². The van der Waals surface area contributed by atoms with E-state index in [2.05, 4.69) is 0 Å². The second-order valence-corrected chi connectivity index (χ2v) is 2.83. The Kier molecular flexibility index (Phi) is 2.86. The molecule has 0 amide bonds. The molecule has 0 unspecified atom stereocenters. The van der Waals surface area contributed by atoms with Crippen molar-refractivity contribution in [2.75, 3.05) is 0 Å².